The summed E-state index contributed by atoms with van der Waals surface area (Å²) in [5, 5.41) is 0. The molecule has 0 saturated heterocycles. The summed E-state index contributed by atoms with van der Waals surface area (Å²) in [6, 6.07) is 0. The number of hydrogen-bond acceptors (Lipinski definition) is 6. The van der Waals surface area contributed by atoms with Crippen molar-refractivity contribution in [3.8, 4) is 0 Å². The molecule has 0 bridgehead atoms. The zero-order chi connectivity index (χ0) is 57.1. The van der Waals surface area contributed by atoms with Gasteiger partial charge in [0.2, 0.25) is 0 Å². The van der Waals surface area contributed by atoms with Crippen molar-refractivity contribution in [1.29, 1.82) is 0 Å². The number of esters is 3. The van der Waals surface area contributed by atoms with Gasteiger partial charge in [-0.05, 0) is 109 Å². The van der Waals surface area contributed by atoms with E-state index in [1.54, 1.807) is 0 Å². The molecule has 0 aromatic heterocycles. The molecule has 6 heteroatoms. The summed E-state index contributed by atoms with van der Waals surface area (Å²) < 4.78 is 16.9. The topological polar surface area (TPSA) is 78.9 Å². The minimum atomic E-state index is -0.807. The fourth-order valence-corrected chi connectivity index (χ4v) is 9.03. The van der Waals surface area contributed by atoms with Crippen LogP contribution in [0.4, 0.5) is 0 Å². The van der Waals surface area contributed by atoms with E-state index in [0.717, 1.165) is 116 Å². The molecule has 6 nitrogen and oxygen atoms in total. The van der Waals surface area contributed by atoms with Crippen LogP contribution < -0.4 is 0 Å². The summed E-state index contributed by atoms with van der Waals surface area (Å²) >= 11 is 0. The lowest BCUT2D eigenvalue weighted by Gasteiger charge is -2.18. The summed E-state index contributed by atoms with van der Waals surface area (Å²) in [5.41, 5.74) is 0. The average Bonchev–Trinajstić information content (AvgIpc) is 3.45. The largest absolute Gasteiger partial charge is 0.462 e. The first-order valence-corrected chi connectivity index (χ1v) is 33.0. The third kappa shape index (κ3) is 64.5. The van der Waals surface area contributed by atoms with Gasteiger partial charge in [0, 0.05) is 19.3 Å². The minimum Gasteiger partial charge on any atom is -0.462 e. The molecule has 0 aliphatic rings. The van der Waals surface area contributed by atoms with Crippen molar-refractivity contribution >= 4 is 17.9 Å². The van der Waals surface area contributed by atoms with Crippen LogP contribution in [0.25, 0.3) is 0 Å². The van der Waals surface area contributed by atoms with Gasteiger partial charge in [0.25, 0.3) is 0 Å². The summed E-state index contributed by atoms with van der Waals surface area (Å²) in [7, 11) is 0. The number of carbonyl (C=O) groups excluding carboxylic acids is 3. The van der Waals surface area contributed by atoms with Gasteiger partial charge in [0.1, 0.15) is 13.2 Å². The molecule has 0 rings (SSSR count). The van der Waals surface area contributed by atoms with Crippen LogP contribution in [0.2, 0.25) is 0 Å². The SMILES string of the molecule is CC/C=C\C/C=C\C/C=C\C/C=C\C/C=C\C/C=C\C/C=C\C/C=C\C/C=C\CCCC(=O)OCC(COC(=O)CCCCCCC/C=C\CCCCC)OC(=O)CCCCCCCCCCCCCCCCCCCCCC. The molecule has 0 aliphatic carbocycles. The number of rotatable bonds is 59. The van der Waals surface area contributed by atoms with E-state index < -0.39 is 6.10 Å². The molecule has 0 aromatic carbocycles. The summed E-state index contributed by atoms with van der Waals surface area (Å²) in [6.45, 7) is 6.47. The highest BCUT2D eigenvalue weighted by molar-refractivity contribution is 5.71. The number of ether oxygens (including phenoxy) is 3. The first-order chi connectivity index (χ1) is 39.0. The molecule has 0 radical (unpaired) electrons. The van der Waals surface area contributed by atoms with Crippen molar-refractivity contribution < 1.29 is 28.6 Å². The van der Waals surface area contributed by atoms with Gasteiger partial charge in [0.05, 0.1) is 0 Å². The quantitative estimate of drug-likeness (QED) is 0.0261. The Morgan fingerprint density at radius 2 is 0.506 bits per heavy atom. The maximum Gasteiger partial charge on any atom is 0.306 e. The monoisotopic (exact) mass is 1090 g/mol. The Balaban J connectivity index is 4.40. The highest BCUT2D eigenvalue weighted by Crippen LogP contribution is 2.16. The molecular formula is C73H122O6. The first kappa shape index (κ1) is 74.8. The van der Waals surface area contributed by atoms with Crippen LogP contribution in [0.15, 0.2) is 122 Å². The first-order valence-electron chi connectivity index (χ1n) is 33.0. The minimum absolute atomic E-state index is 0.1000. The molecule has 1 atom stereocenters. The zero-order valence-electron chi connectivity index (χ0n) is 51.6. The van der Waals surface area contributed by atoms with E-state index in [4.69, 9.17) is 14.2 Å². The molecule has 0 amide bonds. The maximum atomic E-state index is 12.9. The second-order valence-electron chi connectivity index (χ2n) is 21.6. The lowest BCUT2D eigenvalue weighted by Crippen LogP contribution is -2.30. The van der Waals surface area contributed by atoms with Crippen molar-refractivity contribution in [2.45, 2.75) is 309 Å². The molecule has 0 fully saturated rings. The second-order valence-corrected chi connectivity index (χ2v) is 21.6. The Morgan fingerprint density at radius 1 is 0.266 bits per heavy atom. The predicted molar refractivity (Wildman–Crippen MR) is 343 cm³/mol. The predicted octanol–water partition coefficient (Wildman–Crippen LogP) is 22.8. The van der Waals surface area contributed by atoms with Gasteiger partial charge < -0.3 is 14.2 Å². The Labute approximate surface area is 488 Å². The van der Waals surface area contributed by atoms with Crippen molar-refractivity contribution in [1.82, 2.24) is 0 Å². The molecule has 0 aromatic rings. The van der Waals surface area contributed by atoms with Crippen LogP contribution >= 0.6 is 0 Å². The fraction of sp³-hybridized carbons (Fsp3) is 0.685. The van der Waals surface area contributed by atoms with Gasteiger partial charge in [-0.25, -0.2) is 0 Å². The van der Waals surface area contributed by atoms with Crippen LogP contribution in [0.5, 0.6) is 0 Å². The number of hydrogen-bond donors (Lipinski definition) is 0. The molecule has 450 valence electrons. The standard InChI is InChI=1S/C73H122O6/c1-4-7-10-13-16-19-22-25-27-29-31-33-34-35-36-37-38-39-40-41-43-44-46-48-51-54-57-60-63-66-72(75)78-69-70(68-77-71(74)65-62-59-56-53-50-24-21-18-15-12-9-6-3)79-73(76)67-64-61-58-55-52-49-47-45-42-32-30-28-26-23-20-17-14-11-8-5-2/h7,10,16,18-19,21,25,27,31,33,35-36,38-39,41,43,46,48,54,57,70H,4-6,8-9,11-15,17,20,22-24,26,28-30,32,34,37,40,42,44-45,47,49-53,55-56,58-69H2,1-3H3/b10-7-,19-16-,21-18-,27-25-,33-31-,36-35-,39-38-,43-41-,48-46-,57-54-. The third-order valence-corrected chi connectivity index (χ3v) is 14.0. The van der Waals surface area contributed by atoms with Gasteiger partial charge in [-0.2, -0.15) is 0 Å². The van der Waals surface area contributed by atoms with Crippen molar-refractivity contribution in [3.63, 3.8) is 0 Å². The molecule has 0 heterocycles. The highest BCUT2D eigenvalue weighted by Gasteiger charge is 2.19. The molecule has 1 unspecified atom stereocenters. The zero-order valence-corrected chi connectivity index (χ0v) is 51.6. The fourth-order valence-electron chi connectivity index (χ4n) is 9.03. The van der Waals surface area contributed by atoms with Crippen LogP contribution in [0, 0.1) is 0 Å². The average molecular weight is 1100 g/mol. The van der Waals surface area contributed by atoms with E-state index >= 15 is 0 Å². The third-order valence-electron chi connectivity index (χ3n) is 14.0. The van der Waals surface area contributed by atoms with Gasteiger partial charge >= 0.3 is 17.9 Å². The molecule has 79 heavy (non-hydrogen) atoms. The molecule has 0 N–H and O–H groups in total. The van der Waals surface area contributed by atoms with Crippen LogP contribution in [0.1, 0.15) is 303 Å². The summed E-state index contributed by atoms with van der Waals surface area (Å²) in [6.07, 6.45) is 92.2. The van der Waals surface area contributed by atoms with Crippen molar-refractivity contribution in [2.75, 3.05) is 13.2 Å². The molecular weight excluding hydrogens is 973 g/mol. The summed E-state index contributed by atoms with van der Waals surface area (Å²) in [5.74, 6) is -0.963. The van der Waals surface area contributed by atoms with Crippen LogP contribution in [-0.2, 0) is 28.6 Å². The summed E-state index contributed by atoms with van der Waals surface area (Å²) in [4.78, 5) is 38.3. The lowest BCUT2D eigenvalue weighted by molar-refractivity contribution is -0.167. The van der Waals surface area contributed by atoms with E-state index in [2.05, 4.69) is 142 Å². The highest BCUT2D eigenvalue weighted by atomic mass is 16.6. The second kappa shape index (κ2) is 66.3. The molecule has 0 spiro atoms. The Hall–Kier alpha value is -4.19. The van der Waals surface area contributed by atoms with Gasteiger partial charge in [-0.15, -0.1) is 0 Å². The number of carbonyl (C=O) groups is 3. The Morgan fingerprint density at radius 3 is 0.861 bits per heavy atom. The molecule has 0 aliphatic heterocycles. The van der Waals surface area contributed by atoms with Crippen LogP contribution in [-0.4, -0.2) is 37.2 Å². The van der Waals surface area contributed by atoms with Gasteiger partial charge in [-0.3, -0.25) is 14.4 Å². The Kier molecular flexibility index (Phi) is 62.8. The number of allylic oxidation sites excluding steroid dienone is 20. The Bertz CT molecular complexity index is 1640. The van der Waals surface area contributed by atoms with Crippen molar-refractivity contribution in [2.24, 2.45) is 0 Å². The van der Waals surface area contributed by atoms with E-state index in [-0.39, 0.29) is 37.5 Å². The maximum absolute atomic E-state index is 12.9. The van der Waals surface area contributed by atoms with E-state index in [1.165, 1.54) is 141 Å². The van der Waals surface area contributed by atoms with E-state index in [1.807, 2.05) is 0 Å². The lowest BCUT2D eigenvalue weighted by atomic mass is 10.0. The van der Waals surface area contributed by atoms with E-state index in [9.17, 15) is 14.4 Å². The van der Waals surface area contributed by atoms with Crippen LogP contribution in [0.3, 0.4) is 0 Å². The number of unbranched alkanes of at least 4 members (excludes halogenated alkanes) is 28. The van der Waals surface area contributed by atoms with E-state index in [0.29, 0.717) is 19.3 Å². The van der Waals surface area contributed by atoms with Gasteiger partial charge in [0.15, 0.2) is 6.10 Å². The smallest absolute Gasteiger partial charge is 0.306 e. The van der Waals surface area contributed by atoms with Crippen molar-refractivity contribution in [3.05, 3.63) is 122 Å². The normalized spacial score (nSPS) is 12.9. The van der Waals surface area contributed by atoms with Gasteiger partial charge in [-0.1, -0.05) is 296 Å². The molecule has 0 saturated carbocycles.